The van der Waals surface area contributed by atoms with E-state index in [9.17, 15) is 4.79 Å². The highest BCUT2D eigenvalue weighted by atomic mass is 16.1. The van der Waals surface area contributed by atoms with Crippen molar-refractivity contribution in [3.63, 3.8) is 0 Å². The zero-order valence-electron chi connectivity index (χ0n) is 10.5. The third-order valence-corrected chi connectivity index (χ3v) is 3.86. The number of imidazole rings is 1. The van der Waals surface area contributed by atoms with Crippen LogP contribution in [0.2, 0.25) is 0 Å². The van der Waals surface area contributed by atoms with Gasteiger partial charge in [0.15, 0.2) is 6.29 Å². The van der Waals surface area contributed by atoms with Crippen molar-refractivity contribution in [3.8, 4) is 0 Å². The van der Waals surface area contributed by atoms with E-state index >= 15 is 0 Å². The molecule has 2 aromatic heterocycles. The Labute approximate surface area is 106 Å². The van der Waals surface area contributed by atoms with Crippen molar-refractivity contribution in [2.75, 3.05) is 13.6 Å². The molecule has 1 aliphatic rings. The van der Waals surface area contributed by atoms with Crippen molar-refractivity contribution in [1.82, 2.24) is 14.3 Å². The van der Waals surface area contributed by atoms with Gasteiger partial charge < -0.3 is 4.90 Å². The van der Waals surface area contributed by atoms with Crippen LogP contribution in [0.5, 0.6) is 0 Å². The number of fused-ring (bicyclic) bond motifs is 1. The molecule has 94 valence electrons. The minimum atomic E-state index is 0.551. The van der Waals surface area contributed by atoms with Crippen molar-refractivity contribution in [2.45, 2.75) is 25.3 Å². The molecule has 4 heteroatoms. The van der Waals surface area contributed by atoms with Crippen molar-refractivity contribution < 1.29 is 4.79 Å². The molecule has 1 saturated heterocycles. The fourth-order valence-corrected chi connectivity index (χ4v) is 2.82. The Bertz CT molecular complexity index is 575. The predicted octanol–water partition coefficient (Wildman–Crippen LogP) is 1.78. The van der Waals surface area contributed by atoms with Gasteiger partial charge in [-0.1, -0.05) is 6.07 Å². The summed E-state index contributed by atoms with van der Waals surface area (Å²) in [7, 11) is 2.16. The van der Waals surface area contributed by atoms with Gasteiger partial charge >= 0.3 is 0 Å². The zero-order valence-corrected chi connectivity index (χ0v) is 10.5. The van der Waals surface area contributed by atoms with Crippen molar-refractivity contribution >= 4 is 11.8 Å². The van der Waals surface area contributed by atoms with Crippen LogP contribution >= 0.6 is 0 Å². The van der Waals surface area contributed by atoms with Crippen molar-refractivity contribution in [2.24, 2.45) is 0 Å². The standard InChI is InChI=1S/C14H17N3O/c1-16-7-3-6-11(16)8-14-15-9-12-4-2-5-13(10-18)17(12)14/h2,4-5,9-11H,3,6-8H2,1H3. The largest absolute Gasteiger partial charge is 0.303 e. The summed E-state index contributed by atoms with van der Waals surface area (Å²) >= 11 is 0. The molecule has 3 heterocycles. The Hall–Kier alpha value is -1.68. The lowest BCUT2D eigenvalue weighted by Crippen LogP contribution is -2.27. The fourth-order valence-electron chi connectivity index (χ4n) is 2.82. The molecule has 1 unspecified atom stereocenters. The lowest BCUT2D eigenvalue weighted by atomic mass is 10.1. The van der Waals surface area contributed by atoms with Crippen molar-refractivity contribution in [1.29, 1.82) is 0 Å². The Morgan fingerprint density at radius 3 is 3.11 bits per heavy atom. The van der Waals surface area contributed by atoms with Gasteiger partial charge in [0.05, 0.1) is 17.4 Å². The van der Waals surface area contributed by atoms with Crippen LogP contribution in [0.4, 0.5) is 0 Å². The SMILES string of the molecule is CN1CCCC1Cc1ncc2cccc(C=O)n12. The molecule has 0 aliphatic carbocycles. The molecule has 0 aromatic carbocycles. The Morgan fingerprint density at radius 1 is 1.50 bits per heavy atom. The number of nitrogens with zero attached hydrogens (tertiary/aromatic N) is 3. The molecule has 0 amide bonds. The maximum Gasteiger partial charge on any atom is 0.166 e. The number of pyridine rings is 1. The van der Waals surface area contributed by atoms with E-state index in [0.717, 1.165) is 30.6 Å². The average Bonchev–Trinajstić information content (AvgIpc) is 2.97. The molecule has 0 N–H and O–H groups in total. The number of carbonyl (C=O) groups is 1. The first-order valence-corrected chi connectivity index (χ1v) is 6.40. The molecule has 18 heavy (non-hydrogen) atoms. The van der Waals surface area contributed by atoms with Gasteiger partial charge in [0.2, 0.25) is 0 Å². The van der Waals surface area contributed by atoms with Crippen molar-refractivity contribution in [3.05, 3.63) is 35.9 Å². The van der Waals surface area contributed by atoms with E-state index in [2.05, 4.69) is 16.9 Å². The van der Waals surface area contributed by atoms with Crippen LogP contribution in [0.1, 0.15) is 29.2 Å². The second-order valence-electron chi connectivity index (χ2n) is 4.98. The molecule has 2 aromatic rings. The summed E-state index contributed by atoms with van der Waals surface area (Å²) in [5.74, 6) is 0.992. The monoisotopic (exact) mass is 243 g/mol. The summed E-state index contributed by atoms with van der Waals surface area (Å²) in [4.78, 5) is 18.0. The molecule has 0 saturated carbocycles. The third kappa shape index (κ3) is 1.82. The first-order chi connectivity index (χ1) is 8.79. The fraction of sp³-hybridized carbons (Fsp3) is 0.429. The molecular formula is C14H17N3O. The number of likely N-dealkylation sites (N-methyl/N-ethyl adjacent to an activating group) is 1. The Morgan fingerprint density at radius 2 is 2.39 bits per heavy atom. The number of hydrogen-bond acceptors (Lipinski definition) is 3. The molecule has 3 rings (SSSR count). The Balaban J connectivity index is 1.99. The van der Waals surface area contributed by atoms with Gasteiger partial charge in [0.25, 0.3) is 0 Å². The average molecular weight is 243 g/mol. The van der Waals surface area contributed by atoms with Crippen LogP contribution in [0, 0.1) is 0 Å². The van der Waals surface area contributed by atoms with Gasteiger partial charge in [0.1, 0.15) is 5.82 Å². The summed E-state index contributed by atoms with van der Waals surface area (Å²) in [6.07, 6.45) is 6.13. The number of rotatable bonds is 3. The highest BCUT2D eigenvalue weighted by molar-refractivity contribution is 5.74. The van der Waals surface area contributed by atoms with E-state index in [1.165, 1.54) is 12.8 Å². The molecular weight excluding hydrogens is 226 g/mol. The molecule has 1 aliphatic heterocycles. The summed E-state index contributed by atoms with van der Waals surface area (Å²) in [6.45, 7) is 1.16. The zero-order chi connectivity index (χ0) is 12.5. The van der Waals surface area contributed by atoms with Gasteiger partial charge in [-0.25, -0.2) is 4.98 Å². The number of hydrogen-bond donors (Lipinski definition) is 0. The molecule has 0 spiro atoms. The van der Waals surface area contributed by atoms with E-state index in [1.54, 1.807) is 0 Å². The van der Waals surface area contributed by atoms with E-state index in [1.807, 2.05) is 28.8 Å². The lowest BCUT2D eigenvalue weighted by Gasteiger charge is -2.18. The van der Waals surface area contributed by atoms with Crippen LogP contribution < -0.4 is 0 Å². The summed E-state index contributed by atoms with van der Waals surface area (Å²) < 4.78 is 1.97. The van der Waals surface area contributed by atoms with Crippen LogP contribution in [-0.2, 0) is 6.42 Å². The number of carbonyl (C=O) groups excluding carboxylic acids is 1. The van der Waals surface area contributed by atoms with Gasteiger partial charge in [-0.15, -0.1) is 0 Å². The third-order valence-electron chi connectivity index (χ3n) is 3.86. The Kier molecular flexibility index (Phi) is 2.88. The van der Waals surface area contributed by atoms with E-state index < -0.39 is 0 Å². The summed E-state index contributed by atoms with van der Waals surface area (Å²) in [5, 5.41) is 0. The molecule has 1 atom stereocenters. The minimum Gasteiger partial charge on any atom is -0.303 e. The molecule has 0 bridgehead atoms. The van der Waals surface area contributed by atoms with E-state index in [4.69, 9.17) is 0 Å². The summed E-state index contributed by atoms with van der Waals surface area (Å²) in [5.41, 5.74) is 1.68. The van der Waals surface area contributed by atoms with Gasteiger partial charge in [-0.3, -0.25) is 9.20 Å². The first kappa shape index (κ1) is 11.4. The van der Waals surface area contributed by atoms with Gasteiger partial charge in [-0.05, 0) is 38.6 Å². The normalized spacial score (nSPS) is 20.6. The van der Waals surface area contributed by atoms with Crippen LogP contribution in [0.25, 0.3) is 5.52 Å². The predicted molar refractivity (Wildman–Crippen MR) is 69.9 cm³/mol. The van der Waals surface area contributed by atoms with Crippen LogP contribution in [0.15, 0.2) is 24.4 Å². The number of aromatic nitrogens is 2. The van der Waals surface area contributed by atoms with Crippen LogP contribution in [0.3, 0.4) is 0 Å². The maximum absolute atomic E-state index is 11.1. The van der Waals surface area contributed by atoms with Crippen LogP contribution in [-0.4, -0.2) is 40.2 Å². The smallest absolute Gasteiger partial charge is 0.166 e. The van der Waals surface area contributed by atoms with Gasteiger partial charge in [-0.2, -0.15) is 0 Å². The minimum absolute atomic E-state index is 0.551. The number of aldehydes is 1. The molecule has 4 nitrogen and oxygen atoms in total. The topological polar surface area (TPSA) is 37.6 Å². The number of likely N-dealkylation sites (tertiary alicyclic amines) is 1. The van der Waals surface area contributed by atoms with E-state index in [0.29, 0.717) is 11.7 Å². The highest BCUT2D eigenvalue weighted by Gasteiger charge is 2.23. The molecule has 1 fully saturated rings. The van der Waals surface area contributed by atoms with Gasteiger partial charge in [0, 0.05) is 12.5 Å². The lowest BCUT2D eigenvalue weighted by molar-refractivity contribution is 0.111. The highest BCUT2D eigenvalue weighted by Crippen LogP contribution is 2.20. The quantitative estimate of drug-likeness (QED) is 0.771. The molecule has 0 radical (unpaired) electrons. The first-order valence-electron chi connectivity index (χ1n) is 6.40. The second-order valence-corrected chi connectivity index (χ2v) is 4.98. The summed E-state index contributed by atoms with van der Waals surface area (Å²) in [6, 6.07) is 6.27. The second kappa shape index (κ2) is 4.53. The maximum atomic E-state index is 11.1. The van der Waals surface area contributed by atoms with E-state index in [-0.39, 0.29) is 0 Å².